The molecule has 34 heavy (non-hydrogen) atoms. The van der Waals surface area contributed by atoms with Crippen LogP contribution in [0.2, 0.25) is 0 Å². The van der Waals surface area contributed by atoms with Crippen molar-refractivity contribution in [2.24, 2.45) is 5.92 Å². The number of imidazole rings is 1. The van der Waals surface area contributed by atoms with Gasteiger partial charge in [0.1, 0.15) is 11.5 Å². The van der Waals surface area contributed by atoms with Gasteiger partial charge < -0.3 is 18.3 Å². The number of alkyl halides is 3. The number of aromatic nitrogens is 2. The van der Waals surface area contributed by atoms with Crippen LogP contribution in [0.5, 0.6) is 0 Å². The van der Waals surface area contributed by atoms with E-state index in [0.29, 0.717) is 17.0 Å². The first-order chi connectivity index (χ1) is 16.3. The number of benzene rings is 1. The van der Waals surface area contributed by atoms with Crippen molar-refractivity contribution < 1.29 is 31.6 Å². The molecule has 0 saturated carbocycles. The molecule has 1 aliphatic rings. The van der Waals surface area contributed by atoms with Gasteiger partial charge >= 0.3 is 6.18 Å². The van der Waals surface area contributed by atoms with E-state index in [4.69, 9.17) is 8.83 Å². The van der Waals surface area contributed by atoms with Crippen molar-refractivity contribution in [1.29, 1.82) is 0 Å². The third-order valence-electron chi connectivity index (χ3n) is 5.72. The third kappa shape index (κ3) is 4.28. The maximum absolute atomic E-state index is 13.2. The summed E-state index contributed by atoms with van der Waals surface area (Å²) in [6.45, 7) is 0.605. The monoisotopic (exact) mass is 472 g/mol. The van der Waals surface area contributed by atoms with Gasteiger partial charge in [-0.25, -0.2) is 4.98 Å². The molecule has 1 aromatic carbocycles. The van der Waals surface area contributed by atoms with Gasteiger partial charge in [-0.1, -0.05) is 0 Å². The molecule has 5 rings (SSSR count). The Morgan fingerprint density at radius 3 is 2.44 bits per heavy atom. The van der Waals surface area contributed by atoms with Crippen molar-refractivity contribution >= 4 is 28.8 Å². The molecule has 1 aliphatic heterocycles. The summed E-state index contributed by atoms with van der Waals surface area (Å²) in [7, 11) is 0. The molecule has 176 valence electrons. The Balaban J connectivity index is 1.40. The Hall–Kier alpha value is -4.02. The van der Waals surface area contributed by atoms with Gasteiger partial charge in [0.2, 0.25) is 17.8 Å². The van der Waals surface area contributed by atoms with Gasteiger partial charge in [0.05, 0.1) is 48.1 Å². The standard InChI is InChI=1S/C23H19F3N4O4/c24-23(25,26)15-5-6-19-18(10-15)27-22(30(19)13-17-4-2-8-34-17)28-21(32)14-9-20(31)29(11-14)12-16-3-1-7-33-16/h1-8,10,14H,9,11-13H2,(H,27,28,32). The molecule has 3 aromatic heterocycles. The highest BCUT2D eigenvalue weighted by atomic mass is 19.4. The molecule has 0 aliphatic carbocycles. The molecule has 8 nitrogen and oxygen atoms in total. The summed E-state index contributed by atoms with van der Waals surface area (Å²) in [6, 6.07) is 10.1. The number of nitrogens with zero attached hydrogens (tertiary/aromatic N) is 3. The average Bonchev–Trinajstić information content (AvgIpc) is 3.58. The first kappa shape index (κ1) is 21.8. The molecule has 1 saturated heterocycles. The van der Waals surface area contributed by atoms with Gasteiger partial charge in [-0.3, -0.25) is 14.9 Å². The zero-order chi connectivity index (χ0) is 23.9. The smallest absolute Gasteiger partial charge is 0.416 e. The van der Waals surface area contributed by atoms with E-state index in [2.05, 4.69) is 10.3 Å². The van der Waals surface area contributed by atoms with Crippen molar-refractivity contribution in [3.05, 3.63) is 72.1 Å². The van der Waals surface area contributed by atoms with Crippen molar-refractivity contribution in [3.63, 3.8) is 0 Å². The summed E-state index contributed by atoms with van der Waals surface area (Å²) in [4.78, 5) is 31.2. The lowest BCUT2D eigenvalue weighted by Gasteiger charge is -2.15. The summed E-state index contributed by atoms with van der Waals surface area (Å²) >= 11 is 0. The summed E-state index contributed by atoms with van der Waals surface area (Å²) in [6.07, 6.45) is -1.52. The number of likely N-dealkylation sites (tertiary alicyclic amines) is 1. The molecule has 1 fully saturated rings. The summed E-state index contributed by atoms with van der Waals surface area (Å²) in [5, 5.41) is 2.70. The molecule has 2 amide bonds. The highest BCUT2D eigenvalue weighted by molar-refractivity contribution is 5.97. The van der Waals surface area contributed by atoms with Crippen LogP contribution in [-0.4, -0.2) is 32.8 Å². The Bertz CT molecular complexity index is 1330. The number of amides is 2. The Morgan fingerprint density at radius 1 is 1.09 bits per heavy atom. The number of carbonyl (C=O) groups is 2. The van der Waals surface area contributed by atoms with E-state index >= 15 is 0 Å². The maximum Gasteiger partial charge on any atom is 0.416 e. The van der Waals surface area contributed by atoms with Crippen LogP contribution in [0.25, 0.3) is 11.0 Å². The van der Waals surface area contributed by atoms with Crippen LogP contribution in [0.3, 0.4) is 0 Å². The number of rotatable bonds is 6. The molecular formula is C23H19F3N4O4. The number of carbonyl (C=O) groups excluding carboxylic acids is 2. The van der Waals surface area contributed by atoms with E-state index in [1.165, 1.54) is 23.5 Å². The zero-order valence-electron chi connectivity index (χ0n) is 17.7. The third-order valence-corrected chi connectivity index (χ3v) is 5.72. The van der Waals surface area contributed by atoms with Gasteiger partial charge in [-0.15, -0.1) is 0 Å². The lowest BCUT2D eigenvalue weighted by atomic mass is 10.1. The van der Waals surface area contributed by atoms with Crippen LogP contribution in [-0.2, 0) is 28.9 Å². The molecule has 0 bridgehead atoms. The number of nitrogens with one attached hydrogen (secondary N) is 1. The van der Waals surface area contributed by atoms with Gasteiger partial charge in [0, 0.05) is 13.0 Å². The lowest BCUT2D eigenvalue weighted by molar-refractivity contribution is -0.137. The minimum atomic E-state index is -4.52. The molecule has 1 N–H and O–H groups in total. The largest absolute Gasteiger partial charge is 0.467 e. The fourth-order valence-electron chi connectivity index (χ4n) is 4.02. The second-order valence-corrected chi connectivity index (χ2v) is 8.05. The Morgan fingerprint density at radius 2 is 1.79 bits per heavy atom. The lowest BCUT2D eigenvalue weighted by Crippen LogP contribution is -2.28. The highest BCUT2D eigenvalue weighted by Crippen LogP contribution is 2.33. The molecule has 4 aromatic rings. The molecule has 11 heteroatoms. The van der Waals surface area contributed by atoms with Crippen LogP contribution < -0.4 is 5.32 Å². The van der Waals surface area contributed by atoms with Gasteiger partial charge in [-0.2, -0.15) is 13.2 Å². The number of hydrogen-bond acceptors (Lipinski definition) is 5. The van der Waals surface area contributed by atoms with E-state index in [9.17, 15) is 22.8 Å². The molecule has 4 heterocycles. The SMILES string of the molecule is O=C(Nc1nc2cc(C(F)(F)F)ccc2n1Cc1ccco1)C1CC(=O)N(Cc2ccco2)C1. The van der Waals surface area contributed by atoms with E-state index in [1.54, 1.807) is 28.8 Å². The molecule has 1 unspecified atom stereocenters. The minimum Gasteiger partial charge on any atom is -0.467 e. The summed E-state index contributed by atoms with van der Waals surface area (Å²) in [5.74, 6) is -0.0407. The van der Waals surface area contributed by atoms with E-state index in [-0.39, 0.29) is 43.4 Å². The normalized spacial score (nSPS) is 16.5. The number of halogens is 3. The molecule has 1 atom stereocenters. The predicted molar refractivity (Wildman–Crippen MR) is 113 cm³/mol. The second kappa shape index (κ2) is 8.40. The second-order valence-electron chi connectivity index (χ2n) is 8.05. The number of hydrogen-bond donors (Lipinski definition) is 1. The predicted octanol–water partition coefficient (Wildman–Crippen LogP) is 4.28. The number of fused-ring (bicyclic) bond motifs is 1. The van der Waals surface area contributed by atoms with E-state index in [0.717, 1.165) is 12.1 Å². The van der Waals surface area contributed by atoms with Crippen LogP contribution in [0.4, 0.5) is 19.1 Å². The summed E-state index contributed by atoms with van der Waals surface area (Å²) < 4.78 is 51.8. The Kier molecular flexibility index (Phi) is 5.39. The zero-order valence-corrected chi connectivity index (χ0v) is 17.7. The molecule has 0 spiro atoms. The molecule has 0 radical (unpaired) electrons. The topological polar surface area (TPSA) is 93.5 Å². The fraction of sp³-hybridized carbons (Fsp3) is 0.261. The van der Waals surface area contributed by atoms with Crippen LogP contribution >= 0.6 is 0 Å². The first-order valence-electron chi connectivity index (χ1n) is 10.5. The fourth-order valence-corrected chi connectivity index (χ4v) is 4.02. The number of anilines is 1. The Labute approximate surface area is 190 Å². The minimum absolute atomic E-state index is 0.0170. The summed E-state index contributed by atoms with van der Waals surface area (Å²) in [5.41, 5.74) is -0.351. The number of furan rings is 2. The van der Waals surface area contributed by atoms with Crippen molar-refractivity contribution in [2.45, 2.75) is 25.7 Å². The van der Waals surface area contributed by atoms with Crippen LogP contribution in [0.1, 0.15) is 23.5 Å². The van der Waals surface area contributed by atoms with E-state index in [1.807, 2.05) is 0 Å². The maximum atomic E-state index is 13.2. The van der Waals surface area contributed by atoms with Crippen molar-refractivity contribution in [1.82, 2.24) is 14.5 Å². The van der Waals surface area contributed by atoms with Gasteiger partial charge in [-0.05, 0) is 42.5 Å². The van der Waals surface area contributed by atoms with Crippen LogP contribution in [0.15, 0.2) is 63.8 Å². The van der Waals surface area contributed by atoms with Gasteiger partial charge in [0.25, 0.3) is 0 Å². The quantitative estimate of drug-likeness (QED) is 0.452. The van der Waals surface area contributed by atoms with Crippen molar-refractivity contribution in [3.8, 4) is 0 Å². The highest BCUT2D eigenvalue weighted by Gasteiger charge is 2.36. The average molecular weight is 472 g/mol. The van der Waals surface area contributed by atoms with Crippen molar-refractivity contribution in [2.75, 3.05) is 11.9 Å². The van der Waals surface area contributed by atoms with E-state index < -0.39 is 23.6 Å². The van der Waals surface area contributed by atoms with Gasteiger partial charge in [0.15, 0.2) is 0 Å². The van der Waals surface area contributed by atoms with Crippen LogP contribution in [0, 0.1) is 5.92 Å². The molecular weight excluding hydrogens is 453 g/mol. The first-order valence-corrected chi connectivity index (χ1v) is 10.5.